The monoisotopic (exact) mass is 359 g/mol. The molecule has 0 bridgehead atoms. The predicted octanol–water partition coefficient (Wildman–Crippen LogP) is 3.46. The van der Waals surface area contributed by atoms with E-state index in [0.29, 0.717) is 10.6 Å². The molecule has 1 heterocycles. The Morgan fingerprint density at radius 3 is 2.48 bits per heavy atom. The van der Waals surface area contributed by atoms with Crippen molar-refractivity contribution in [2.45, 2.75) is 12.7 Å². The minimum Gasteiger partial charge on any atom is -0.460 e. The van der Waals surface area contributed by atoms with Crippen molar-refractivity contribution in [3.05, 3.63) is 82.4 Å². The van der Waals surface area contributed by atoms with E-state index in [9.17, 15) is 9.59 Å². The molecule has 0 aromatic heterocycles. The highest BCUT2D eigenvalue weighted by molar-refractivity contribution is 6.30. The molecule has 1 unspecified atom stereocenters. The van der Waals surface area contributed by atoms with Crippen LogP contribution in [-0.2, 0) is 25.6 Å². The molecule has 2 aromatic rings. The molecule has 7 heteroatoms. The quantitative estimate of drug-likeness (QED) is 0.841. The number of hydrogen-bond acceptors (Lipinski definition) is 6. The molecule has 0 fully saturated rings. The van der Waals surface area contributed by atoms with Gasteiger partial charge in [-0.1, -0.05) is 54.1 Å². The van der Waals surface area contributed by atoms with Gasteiger partial charge in [0.25, 0.3) is 0 Å². The fourth-order valence-corrected chi connectivity index (χ4v) is 2.39. The third-order valence-electron chi connectivity index (χ3n) is 3.49. The van der Waals surface area contributed by atoms with Gasteiger partial charge in [0.2, 0.25) is 17.4 Å². The zero-order valence-electron chi connectivity index (χ0n) is 13.0. The molecular formula is C18H14ClNO5. The van der Waals surface area contributed by atoms with Gasteiger partial charge in [0.05, 0.1) is 0 Å². The summed E-state index contributed by atoms with van der Waals surface area (Å²) in [5, 5.41) is 0.524. The average molecular weight is 360 g/mol. The van der Waals surface area contributed by atoms with Crippen LogP contribution in [0.25, 0.3) is 0 Å². The van der Waals surface area contributed by atoms with Gasteiger partial charge >= 0.3 is 6.16 Å². The highest BCUT2D eigenvalue weighted by Gasteiger charge is 2.38. The minimum atomic E-state index is -1.03. The van der Waals surface area contributed by atoms with Crippen LogP contribution in [0, 0.1) is 0 Å². The van der Waals surface area contributed by atoms with Crippen LogP contribution in [0.15, 0.2) is 66.2 Å². The Kier molecular flexibility index (Phi) is 4.90. The number of carbonyl (C=O) groups is 2. The van der Waals surface area contributed by atoms with Crippen molar-refractivity contribution in [3.63, 3.8) is 0 Å². The van der Waals surface area contributed by atoms with Gasteiger partial charge in [-0.25, -0.2) is 4.79 Å². The zero-order chi connectivity index (χ0) is 17.8. The number of ether oxygens (including phenoxy) is 3. The van der Waals surface area contributed by atoms with Crippen LogP contribution in [0.4, 0.5) is 4.79 Å². The maximum Gasteiger partial charge on any atom is 0.514 e. The van der Waals surface area contributed by atoms with Gasteiger partial charge in [0.1, 0.15) is 6.61 Å². The molecule has 0 radical (unpaired) electrons. The van der Waals surface area contributed by atoms with Gasteiger partial charge in [-0.05, 0) is 17.7 Å². The van der Waals surface area contributed by atoms with Crippen molar-refractivity contribution >= 4 is 23.5 Å². The predicted molar refractivity (Wildman–Crippen MR) is 89.2 cm³/mol. The number of halogens is 1. The number of benzene rings is 2. The SMILES string of the molecule is NC1=C(OC(=O)OCc2ccccc2)C(=O)C(c2ccc(Cl)cc2)O1. The fourth-order valence-electron chi connectivity index (χ4n) is 2.26. The van der Waals surface area contributed by atoms with Crippen LogP contribution in [0.1, 0.15) is 17.2 Å². The lowest BCUT2D eigenvalue weighted by Crippen LogP contribution is -2.15. The Hall–Kier alpha value is -2.99. The first-order chi connectivity index (χ1) is 12.0. The standard InChI is InChI=1S/C18H14ClNO5/c19-13-8-6-12(7-9-13)15-14(21)16(17(20)24-15)25-18(22)23-10-11-4-2-1-3-5-11/h1-9,15H,10,20H2. The number of nitrogens with two attached hydrogens (primary N) is 1. The van der Waals surface area contributed by atoms with Gasteiger partial charge in [-0.3, -0.25) is 4.79 Å². The Morgan fingerprint density at radius 2 is 1.80 bits per heavy atom. The third kappa shape index (κ3) is 3.92. The lowest BCUT2D eigenvalue weighted by Gasteiger charge is -2.09. The second kappa shape index (κ2) is 7.27. The van der Waals surface area contributed by atoms with E-state index in [2.05, 4.69) is 0 Å². The molecule has 0 amide bonds. The molecule has 1 aliphatic rings. The summed E-state index contributed by atoms with van der Waals surface area (Å²) in [6.07, 6.45) is -2.01. The first-order valence-electron chi connectivity index (χ1n) is 7.39. The van der Waals surface area contributed by atoms with E-state index in [-0.39, 0.29) is 18.2 Å². The summed E-state index contributed by atoms with van der Waals surface area (Å²) in [7, 11) is 0. The second-order valence-corrected chi connectivity index (χ2v) is 5.67. The molecule has 2 N–H and O–H groups in total. The summed E-state index contributed by atoms with van der Waals surface area (Å²) < 4.78 is 15.2. The van der Waals surface area contributed by atoms with Crippen LogP contribution in [-0.4, -0.2) is 11.9 Å². The van der Waals surface area contributed by atoms with Crippen LogP contribution < -0.4 is 5.73 Å². The molecule has 0 spiro atoms. The van der Waals surface area contributed by atoms with Crippen molar-refractivity contribution in [1.29, 1.82) is 0 Å². The molecule has 0 saturated carbocycles. The summed E-state index contributed by atoms with van der Waals surface area (Å²) in [4.78, 5) is 24.2. The van der Waals surface area contributed by atoms with Crippen molar-refractivity contribution in [3.8, 4) is 0 Å². The van der Waals surface area contributed by atoms with Crippen molar-refractivity contribution in [1.82, 2.24) is 0 Å². The summed E-state index contributed by atoms with van der Waals surface area (Å²) in [5.41, 5.74) is 7.00. The summed E-state index contributed by atoms with van der Waals surface area (Å²) in [6.45, 7) is 0.0164. The van der Waals surface area contributed by atoms with Crippen molar-refractivity contribution < 1.29 is 23.8 Å². The van der Waals surface area contributed by atoms with Crippen molar-refractivity contribution in [2.75, 3.05) is 0 Å². The smallest absolute Gasteiger partial charge is 0.460 e. The van der Waals surface area contributed by atoms with Crippen LogP contribution in [0.2, 0.25) is 5.02 Å². The molecule has 2 aromatic carbocycles. The Bertz CT molecular complexity index is 817. The maximum absolute atomic E-state index is 12.4. The topological polar surface area (TPSA) is 87.9 Å². The van der Waals surface area contributed by atoms with E-state index in [0.717, 1.165) is 5.56 Å². The van der Waals surface area contributed by atoms with Gasteiger partial charge in [-0.15, -0.1) is 0 Å². The fraction of sp³-hybridized carbons (Fsp3) is 0.111. The number of ketones is 1. The largest absolute Gasteiger partial charge is 0.514 e. The number of carbonyl (C=O) groups excluding carboxylic acids is 2. The number of Topliss-reactive ketones (excluding diaryl/α,β-unsaturated/α-hetero) is 1. The molecular weight excluding hydrogens is 346 g/mol. The van der Waals surface area contributed by atoms with Crippen molar-refractivity contribution in [2.24, 2.45) is 5.73 Å². The Labute approximate surface area is 148 Å². The Morgan fingerprint density at radius 1 is 1.12 bits per heavy atom. The van der Waals surface area contributed by atoms with Gasteiger partial charge in [0.15, 0.2) is 6.10 Å². The normalized spacial score (nSPS) is 16.5. The van der Waals surface area contributed by atoms with E-state index in [1.54, 1.807) is 36.4 Å². The molecule has 6 nitrogen and oxygen atoms in total. The molecule has 0 saturated heterocycles. The van der Waals surface area contributed by atoms with Crippen LogP contribution in [0.3, 0.4) is 0 Å². The third-order valence-corrected chi connectivity index (χ3v) is 3.74. The van der Waals surface area contributed by atoms with E-state index >= 15 is 0 Å². The second-order valence-electron chi connectivity index (χ2n) is 5.23. The van der Waals surface area contributed by atoms with E-state index in [1.807, 2.05) is 18.2 Å². The summed E-state index contributed by atoms with van der Waals surface area (Å²) >= 11 is 5.82. The first-order valence-corrected chi connectivity index (χ1v) is 7.77. The molecule has 128 valence electrons. The van der Waals surface area contributed by atoms with Gasteiger partial charge in [0, 0.05) is 10.6 Å². The molecule has 1 aliphatic heterocycles. The molecule has 0 aliphatic carbocycles. The summed E-state index contributed by atoms with van der Waals surface area (Å²) in [5.74, 6) is -1.18. The minimum absolute atomic E-state index is 0.0164. The summed E-state index contributed by atoms with van der Waals surface area (Å²) in [6, 6.07) is 15.6. The van der Waals surface area contributed by atoms with E-state index < -0.39 is 18.0 Å². The van der Waals surface area contributed by atoms with E-state index in [1.165, 1.54) is 0 Å². The molecule has 3 rings (SSSR count). The first kappa shape index (κ1) is 16.9. The Balaban J connectivity index is 1.62. The zero-order valence-corrected chi connectivity index (χ0v) is 13.7. The lowest BCUT2D eigenvalue weighted by molar-refractivity contribution is -0.123. The maximum atomic E-state index is 12.4. The highest BCUT2D eigenvalue weighted by Crippen LogP contribution is 2.32. The van der Waals surface area contributed by atoms with Crippen LogP contribution >= 0.6 is 11.6 Å². The molecule has 25 heavy (non-hydrogen) atoms. The van der Waals surface area contributed by atoms with Gasteiger partial charge < -0.3 is 19.9 Å². The molecule has 1 atom stereocenters. The van der Waals surface area contributed by atoms with E-state index in [4.69, 9.17) is 31.5 Å². The highest BCUT2D eigenvalue weighted by atomic mass is 35.5. The van der Waals surface area contributed by atoms with Gasteiger partial charge in [-0.2, -0.15) is 0 Å². The number of hydrogen-bond donors (Lipinski definition) is 1. The number of rotatable bonds is 4. The average Bonchev–Trinajstić information content (AvgIpc) is 2.90. The lowest BCUT2D eigenvalue weighted by atomic mass is 10.1. The van der Waals surface area contributed by atoms with Crippen LogP contribution in [0.5, 0.6) is 0 Å².